The zero-order valence-corrected chi connectivity index (χ0v) is 13.6. The largest absolute Gasteiger partial charge is 0.364 e. The monoisotopic (exact) mass is 305 g/mol. The molecule has 0 spiro atoms. The van der Waals surface area contributed by atoms with Crippen molar-refractivity contribution >= 4 is 11.8 Å². The SMILES string of the molecule is CCCCCCCC(OCc1ccccc1)C(=O)NC(C)=O. The molecule has 1 aromatic carbocycles. The molecule has 1 rings (SSSR count). The summed E-state index contributed by atoms with van der Waals surface area (Å²) in [6.07, 6.45) is 5.70. The van der Waals surface area contributed by atoms with E-state index in [0.29, 0.717) is 13.0 Å². The number of ether oxygens (including phenoxy) is 1. The molecule has 0 heterocycles. The molecule has 0 saturated carbocycles. The van der Waals surface area contributed by atoms with Crippen molar-refractivity contribution in [2.75, 3.05) is 0 Å². The Labute approximate surface area is 133 Å². The van der Waals surface area contributed by atoms with E-state index in [1.54, 1.807) is 0 Å². The number of amides is 2. The minimum absolute atomic E-state index is 0.334. The van der Waals surface area contributed by atoms with Crippen LogP contribution >= 0.6 is 0 Å². The quantitative estimate of drug-likeness (QED) is 0.672. The van der Waals surface area contributed by atoms with Gasteiger partial charge in [0.1, 0.15) is 6.10 Å². The third kappa shape index (κ3) is 7.93. The van der Waals surface area contributed by atoms with Crippen molar-refractivity contribution in [3.05, 3.63) is 35.9 Å². The molecule has 0 aliphatic heterocycles. The fourth-order valence-corrected chi connectivity index (χ4v) is 2.25. The maximum Gasteiger partial charge on any atom is 0.255 e. The third-order valence-electron chi connectivity index (χ3n) is 3.46. The average Bonchev–Trinajstić information content (AvgIpc) is 2.50. The Kier molecular flexibility index (Phi) is 9.15. The van der Waals surface area contributed by atoms with Crippen LogP contribution in [0, 0.1) is 0 Å². The molecule has 0 fully saturated rings. The molecule has 4 heteroatoms. The highest BCUT2D eigenvalue weighted by molar-refractivity contribution is 5.96. The van der Waals surface area contributed by atoms with Gasteiger partial charge in [-0.05, 0) is 12.0 Å². The van der Waals surface area contributed by atoms with Gasteiger partial charge in [0.05, 0.1) is 6.61 Å². The molecular formula is C18H27NO3. The predicted molar refractivity (Wildman–Crippen MR) is 87.2 cm³/mol. The Morgan fingerprint density at radius 1 is 1.09 bits per heavy atom. The molecule has 0 bridgehead atoms. The first kappa shape index (κ1) is 18.4. The molecule has 0 saturated heterocycles. The molecule has 1 atom stereocenters. The fourth-order valence-electron chi connectivity index (χ4n) is 2.25. The van der Waals surface area contributed by atoms with Crippen molar-refractivity contribution < 1.29 is 14.3 Å². The maximum atomic E-state index is 12.0. The van der Waals surface area contributed by atoms with Crippen LogP contribution in [0.3, 0.4) is 0 Å². The van der Waals surface area contributed by atoms with Crippen molar-refractivity contribution in [3.8, 4) is 0 Å². The number of benzene rings is 1. The molecule has 0 aliphatic carbocycles. The van der Waals surface area contributed by atoms with Crippen molar-refractivity contribution in [2.45, 2.75) is 65.1 Å². The summed E-state index contributed by atoms with van der Waals surface area (Å²) in [4.78, 5) is 23.1. The van der Waals surface area contributed by atoms with E-state index in [4.69, 9.17) is 4.74 Å². The van der Waals surface area contributed by atoms with E-state index < -0.39 is 6.10 Å². The van der Waals surface area contributed by atoms with Crippen LogP contribution < -0.4 is 5.32 Å². The summed E-state index contributed by atoms with van der Waals surface area (Å²) in [5.41, 5.74) is 1.02. The van der Waals surface area contributed by atoms with E-state index in [0.717, 1.165) is 18.4 Å². The zero-order chi connectivity index (χ0) is 16.2. The van der Waals surface area contributed by atoms with Gasteiger partial charge in [-0.25, -0.2) is 0 Å². The highest BCUT2D eigenvalue weighted by Crippen LogP contribution is 2.12. The maximum absolute atomic E-state index is 12.0. The smallest absolute Gasteiger partial charge is 0.255 e. The van der Waals surface area contributed by atoms with E-state index >= 15 is 0 Å². The second-order valence-electron chi connectivity index (χ2n) is 5.53. The number of imide groups is 1. The van der Waals surface area contributed by atoms with Crippen molar-refractivity contribution in [2.24, 2.45) is 0 Å². The minimum atomic E-state index is -0.564. The standard InChI is InChI=1S/C18H27NO3/c1-3-4-5-6-10-13-17(18(21)19-15(2)20)22-14-16-11-8-7-9-12-16/h7-9,11-12,17H,3-6,10,13-14H2,1-2H3,(H,19,20,21). The number of hydrogen-bond acceptors (Lipinski definition) is 3. The average molecular weight is 305 g/mol. The van der Waals surface area contributed by atoms with Crippen LogP contribution in [0.4, 0.5) is 0 Å². The first-order chi connectivity index (χ1) is 10.6. The van der Waals surface area contributed by atoms with E-state index in [1.807, 2.05) is 30.3 Å². The van der Waals surface area contributed by atoms with Crippen molar-refractivity contribution in [1.82, 2.24) is 5.32 Å². The summed E-state index contributed by atoms with van der Waals surface area (Å²) < 4.78 is 5.73. The molecule has 2 amide bonds. The minimum Gasteiger partial charge on any atom is -0.364 e. The summed E-state index contributed by atoms with van der Waals surface area (Å²) in [6, 6.07) is 9.74. The van der Waals surface area contributed by atoms with E-state index in [-0.39, 0.29) is 11.8 Å². The fraction of sp³-hybridized carbons (Fsp3) is 0.556. The number of nitrogens with one attached hydrogen (secondary N) is 1. The predicted octanol–water partition coefficient (Wildman–Crippen LogP) is 3.60. The van der Waals surface area contributed by atoms with Crippen LogP contribution in [-0.2, 0) is 20.9 Å². The topological polar surface area (TPSA) is 55.4 Å². The van der Waals surface area contributed by atoms with Gasteiger partial charge in [0.25, 0.3) is 5.91 Å². The number of carbonyl (C=O) groups is 2. The summed E-state index contributed by atoms with van der Waals surface area (Å²) >= 11 is 0. The van der Waals surface area contributed by atoms with Gasteiger partial charge in [0.2, 0.25) is 5.91 Å². The summed E-state index contributed by atoms with van der Waals surface area (Å²) in [5.74, 6) is -0.678. The zero-order valence-electron chi connectivity index (χ0n) is 13.6. The number of rotatable bonds is 10. The normalized spacial score (nSPS) is 11.9. The number of unbranched alkanes of at least 4 members (excludes halogenated alkanes) is 4. The first-order valence-electron chi connectivity index (χ1n) is 8.10. The van der Waals surface area contributed by atoms with Gasteiger partial charge in [-0.15, -0.1) is 0 Å². The highest BCUT2D eigenvalue weighted by Gasteiger charge is 2.19. The van der Waals surface area contributed by atoms with Crippen LogP contribution in [0.5, 0.6) is 0 Å². The Hall–Kier alpha value is -1.68. The lowest BCUT2D eigenvalue weighted by molar-refractivity contribution is -0.138. The number of hydrogen-bond donors (Lipinski definition) is 1. The van der Waals surface area contributed by atoms with Crippen LogP contribution in [0.25, 0.3) is 0 Å². The summed E-state index contributed by atoms with van der Waals surface area (Å²) in [7, 11) is 0. The van der Waals surface area contributed by atoms with Gasteiger partial charge in [-0.1, -0.05) is 69.4 Å². The molecular weight excluding hydrogens is 278 g/mol. The van der Waals surface area contributed by atoms with Gasteiger partial charge in [-0.3, -0.25) is 14.9 Å². The highest BCUT2D eigenvalue weighted by atomic mass is 16.5. The molecule has 1 N–H and O–H groups in total. The molecule has 4 nitrogen and oxygen atoms in total. The summed E-state index contributed by atoms with van der Waals surface area (Å²) in [5, 5.41) is 2.33. The summed E-state index contributed by atoms with van der Waals surface area (Å²) in [6.45, 7) is 3.89. The van der Waals surface area contributed by atoms with Crippen LogP contribution in [0.15, 0.2) is 30.3 Å². The lowest BCUT2D eigenvalue weighted by atomic mass is 10.1. The van der Waals surface area contributed by atoms with Crippen LogP contribution in [-0.4, -0.2) is 17.9 Å². The molecule has 0 aliphatic rings. The molecule has 22 heavy (non-hydrogen) atoms. The van der Waals surface area contributed by atoms with Crippen molar-refractivity contribution in [1.29, 1.82) is 0 Å². The lowest BCUT2D eigenvalue weighted by Crippen LogP contribution is -2.39. The van der Waals surface area contributed by atoms with Crippen LogP contribution in [0.2, 0.25) is 0 Å². The van der Waals surface area contributed by atoms with Gasteiger partial charge in [-0.2, -0.15) is 0 Å². The van der Waals surface area contributed by atoms with E-state index in [9.17, 15) is 9.59 Å². The van der Waals surface area contributed by atoms with Gasteiger partial charge in [0.15, 0.2) is 0 Å². The molecule has 122 valence electrons. The molecule has 0 radical (unpaired) electrons. The Morgan fingerprint density at radius 3 is 2.41 bits per heavy atom. The Balaban J connectivity index is 2.46. The second-order valence-corrected chi connectivity index (χ2v) is 5.53. The third-order valence-corrected chi connectivity index (χ3v) is 3.46. The Morgan fingerprint density at radius 2 is 1.77 bits per heavy atom. The van der Waals surface area contributed by atoms with E-state index in [2.05, 4.69) is 12.2 Å². The number of carbonyl (C=O) groups excluding carboxylic acids is 2. The Bertz CT molecular complexity index is 445. The van der Waals surface area contributed by atoms with Crippen LogP contribution in [0.1, 0.15) is 57.9 Å². The molecule has 1 unspecified atom stereocenters. The van der Waals surface area contributed by atoms with Gasteiger partial charge in [0, 0.05) is 6.92 Å². The molecule has 0 aromatic heterocycles. The van der Waals surface area contributed by atoms with Gasteiger partial charge >= 0.3 is 0 Å². The van der Waals surface area contributed by atoms with E-state index in [1.165, 1.54) is 26.2 Å². The lowest BCUT2D eigenvalue weighted by Gasteiger charge is -2.17. The first-order valence-corrected chi connectivity index (χ1v) is 8.10. The second kappa shape index (κ2) is 11.0. The molecule has 1 aromatic rings. The van der Waals surface area contributed by atoms with Crippen molar-refractivity contribution in [3.63, 3.8) is 0 Å². The van der Waals surface area contributed by atoms with Gasteiger partial charge < -0.3 is 4.74 Å².